The monoisotopic (exact) mass is 419 g/mol. The number of aryl methyl sites for hydroxylation is 2. The van der Waals surface area contributed by atoms with Crippen LogP contribution in [0.15, 0.2) is 58.0 Å². The normalized spacial score (nSPS) is 14.9. The van der Waals surface area contributed by atoms with E-state index in [0.29, 0.717) is 29.3 Å². The summed E-state index contributed by atoms with van der Waals surface area (Å²) in [5.41, 5.74) is 2.62. The standard InChI is InChI=1S/C22H17N3O4S/c1-13-17(24-21(29-13)14-5-3-2-4-6-14)9-10-18(26)15-7-8-16(23-12-15)11-19-20(27)25-22(28)30-19/h2-8,11-12H,9-10H2,1H3,(H,25,27,28). The largest absolute Gasteiger partial charge is 0.441 e. The molecular weight excluding hydrogens is 402 g/mol. The van der Waals surface area contributed by atoms with Crippen LogP contribution in [0.1, 0.15) is 33.9 Å². The van der Waals surface area contributed by atoms with Gasteiger partial charge in [-0.1, -0.05) is 18.2 Å². The summed E-state index contributed by atoms with van der Waals surface area (Å²) in [6.07, 6.45) is 3.73. The topological polar surface area (TPSA) is 102 Å². The number of aromatic nitrogens is 2. The highest BCUT2D eigenvalue weighted by Crippen LogP contribution is 2.25. The first-order chi connectivity index (χ1) is 14.5. The summed E-state index contributed by atoms with van der Waals surface area (Å²) in [6, 6.07) is 12.9. The Kier molecular flexibility index (Phi) is 5.58. The molecule has 1 aliphatic heterocycles. The van der Waals surface area contributed by atoms with Gasteiger partial charge in [0.1, 0.15) is 5.76 Å². The molecule has 1 aliphatic rings. The number of benzene rings is 1. The minimum absolute atomic E-state index is 0.0615. The van der Waals surface area contributed by atoms with Gasteiger partial charge in [0.15, 0.2) is 5.78 Å². The number of Topliss-reactive ketones (excluding diaryl/α,β-unsaturated/α-hetero) is 1. The molecule has 0 saturated carbocycles. The zero-order valence-electron chi connectivity index (χ0n) is 16.0. The lowest BCUT2D eigenvalue weighted by Crippen LogP contribution is -2.17. The summed E-state index contributed by atoms with van der Waals surface area (Å²) >= 11 is 0.825. The van der Waals surface area contributed by atoms with Crippen molar-refractivity contribution in [1.29, 1.82) is 0 Å². The predicted molar refractivity (Wildman–Crippen MR) is 113 cm³/mol. The number of amides is 2. The second-order valence-electron chi connectivity index (χ2n) is 6.64. The van der Waals surface area contributed by atoms with Gasteiger partial charge >= 0.3 is 0 Å². The molecule has 30 heavy (non-hydrogen) atoms. The number of hydrogen-bond donors (Lipinski definition) is 1. The summed E-state index contributed by atoms with van der Waals surface area (Å²) in [7, 11) is 0. The van der Waals surface area contributed by atoms with Crippen molar-refractivity contribution in [2.24, 2.45) is 0 Å². The Balaban J connectivity index is 1.40. The molecule has 3 heterocycles. The minimum Gasteiger partial charge on any atom is -0.441 e. The first kappa shape index (κ1) is 19.8. The van der Waals surface area contributed by atoms with E-state index >= 15 is 0 Å². The molecule has 0 atom stereocenters. The van der Waals surface area contributed by atoms with E-state index in [0.717, 1.165) is 23.0 Å². The summed E-state index contributed by atoms with van der Waals surface area (Å²) in [6.45, 7) is 1.84. The SMILES string of the molecule is Cc1oc(-c2ccccc2)nc1CCC(=O)c1ccc(C=C2SC(=O)NC2=O)nc1. The van der Waals surface area contributed by atoms with Crippen molar-refractivity contribution < 1.29 is 18.8 Å². The number of rotatable bonds is 6. The van der Waals surface area contributed by atoms with E-state index < -0.39 is 11.1 Å². The number of ketones is 1. The molecule has 3 aromatic rings. The Bertz CT molecular complexity index is 1150. The minimum atomic E-state index is -0.440. The third kappa shape index (κ3) is 4.38. The van der Waals surface area contributed by atoms with Gasteiger partial charge in [-0.05, 0) is 49.0 Å². The molecule has 7 nitrogen and oxygen atoms in total. The molecule has 1 N–H and O–H groups in total. The van der Waals surface area contributed by atoms with Crippen LogP contribution in [0.2, 0.25) is 0 Å². The predicted octanol–water partition coefficient (Wildman–Crippen LogP) is 4.18. The van der Waals surface area contributed by atoms with Crippen molar-refractivity contribution in [1.82, 2.24) is 15.3 Å². The van der Waals surface area contributed by atoms with Gasteiger partial charge in [0.05, 0.1) is 16.3 Å². The van der Waals surface area contributed by atoms with Gasteiger partial charge < -0.3 is 4.42 Å². The second-order valence-corrected chi connectivity index (χ2v) is 7.65. The Morgan fingerprint density at radius 2 is 1.97 bits per heavy atom. The molecule has 8 heteroatoms. The number of imide groups is 1. The lowest BCUT2D eigenvalue weighted by atomic mass is 10.1. The van der Waals surface area contributed by atoms with Crippen LogP contribution in [-0.4, -0.2) is 26.9 Å². The lowest BCUT2D eigenvalue weighted by Gasteiger charge is -2.01. The molecule has 1 aromatic carbocycles. The third-order valence-electron chi connectivity index (χ3n) is 4.53. The van der Waals surface area contributed by atoms with Crippen LogP contribution in [0.4, 0.5) is 4.79 Å². The molecule has 2 aromatic heterocycles. The number of oxazole rings is 1. The van der Waals surface area contributed by atoms with Crippen LogP contribution in [0.25, 0.3) is 17.5 Å². The van der Waals surface area contributed by atoms with Gasteiger partial charge in [-0.3, -0.25) is 24.7 Å². The van der Waals surface area contributed by atoms with Crippen molar-refractivity contribution in [3.05, 3.63) is 76.3 Å². The molecular formula is C22H17N3O4S. The van der Waals surface area contributed by atoms with E-state index in [-0.39, 0.29) is 17.1 Å². The van der Waals surface area contributed by atoms with Crippen LogP contribution in [-0.2, 0) is 11.2 Å². The highest BCUT2D eigenvalue weighted by molar-refractivity contribution is 8.18. The first-order valence-corrected chi connectivity index (χ1v) is 10.1. The van der Waals surface area contributed by atoms with Gasteiger partial charge in [0.2, 0.25) is 5.89 Å². The van der Waals surface area contributed by atoms with Crippen LogP contribution in [0.5, 0.6) is 0 Å². The molecule has 4 rings (SSSR count). The van der Waals surface area contributed by atoms with Gasteiger partial charge in [-0.15, -0.1) is 0 Å². The van der Waals surface area contributed by atoms with E-state index in [1.807, 2.05) is 37.3 Å². The van der Waals surface area contributed by atoms with Crippen molar-refractivity contribution in [3.8, 4) is 11.5 Å². The molecule has 150 valence electrons. The third-order valence-corrected chi connectivity index (χ3v) is 5.34. The van der Waals surface area contributed by atoms with Crippen molar-refractivity contribution >= 4 is 34.8 Å². The number of hydrogen-bond acceptors (Lipinski definition) is 7. The smallest absolute Gasteiger partial charge is 0.290 e. The summed E-state index contributed by atoms with van der Waals surface area (Å²) < 4.78 is 5.73. The molecule has 0 spiro atoms. The maximum atomic E-state index is 12.5. The number of pyridine rings is 1. The number of nitrogens with one attached hydrogen (secondary N) is 1. The maximum Gasteiger partial charge on any atom is 0.290 e. The fourth-order valence-corrected chi connectivity index (χ4v) is 3.62. The molecule has 0 radical (unpaired) electrons. The Hall–Kier alpha value is -3.52. The van der Waals surface area contributed by atoms with Gasteiger partial charge in [-0.25, -0.2) is 4.98 Å². The highest BCUT2D eigenvalue weighted by Gasteiger charge is 2.25. The molecule has 0 aliphatic carbocycles. The molecule has 0 unspecified atom stereocenters. The quantitative estimate of drug-likeness (QED) is 0.472. The molecule has 0 bridgehead atoms. The van der Waals surface area contributed by atoms with E-state index in [2.05, 4.69) is 15.3 Å². The van der Waals surface area contributed by atoms with Crippen LogP contribution < -0.4 is 5.32 Å². The van der Waals surface area contributed by atoms with Crippen molar-refractivity contribution in [2.45, 2.75) is 19.8 Å². The Morgan fingerprint density at radius 3 is 2.63 bits per heavy atom. The first-order valence-electron chi connectivity index (χ1n) is 9.25. The van der Waals surface area contributed by atoms with Gasteiger partial charge in [-0.2, -0.15) is 0 Å². The summed E-state index contributed by atoms with van der Waals surface area (Å²) in [5.74, 6) is 0.740. The van der Waals surface area contributed by atoms with E-state index in [1.54, 1.807) is 12.1 Å². The zero-order valence-corrected chi connectivity index (χ0v) is 16.9. The fraction of sp³-hybridized carbons (Fsp3) is 0.136. The fourth-order valence-electron chi connectivity index (χ4n) is 2.95. The van der Waals surface area contributed by atoms with Crippen LogP contribution in [0.3, 0.4) is 0 Å². The van der Waals surface area contributed by atoms with Gasteiger partial charge in [0, 0.05) is 30.2 Å². The molecule has 2 amide bonds. The van der Waals surface area contributed by atoms with E-state index in [4.69, 9.17) is 4.42 Å². The average Bonchev–Trinajstić information content (AvgIpc) is 3.28. The van der Waals surface area contributed by atoms with Crippen LogP contribution in [0, 0.1) is 6.92 Å². The second kappa shape index (κ2) is 8.46. The highest BCUT2D eigenvalue weighted by atomic mass is 32.2. The number of carbonyl (C=O) groups excluding carboxylic acids is 3. The maximum absolute atomic E-state index is 12.5. The van der Waals surface area contributed by atoms with Crippen LogP contribution >= 0.6 is 11.8 Å². The zero-order chi connectivity index (χ0) is 21.1. The Labute approximate surface area is 176 Å². The van der Waals surface area contributed by atoms with Crippen molar-refractivity contribution in [3.63, 3.8) is 0 Å². The van der Waals surface area contributed by atoms with E-state index in [9.17, 15) is 14.4 Å². The Morgan fingerprint density at radius 1 is 1.17 bits per heavy atom. The summed E-state index contributed by atoms with van der Waals surface area (Å²) in [5, 5.41) is 1.78. The summed E-state index contributed by atoms with van der Waals surface area (Å²) in [4.78, 5) is 44.3. The van der Waals surface area contributed by atoms with Gasteiger partial charge in [0.25, 0.3) is 11.1 Å². The molecule has 1 fully saturated rings. The van der Waals surface area contributed by atoms with E-state index in [1.165, 1.54) is 12.3 Å². The number of carbonyl (C=O) groups is 3. The number of thioether (sulfide) groups is 1. The lowest BCUT2D eigenvalue weighted by molar-refractivity contribution is -0.115. The van der Waals surface area contributed by atoms with Crippen molar-refractivity contribution in [2.75, 3.05) is 0 Å². The average molecular weight is 419 g/mol. The molecule has 1 saturated heterocycles. The number of nitrogens with zero attached hydrogens (tertiary/aromatic N) is 2.